The molecule has 0 radical (unpaired) electrons. The van der Waals surface area contributed by atoms with Gasteiger partial charge < -0.3 is 5.11 Å². The van der Waals surface area contributed by atoms with Gasteiger partial charge in [0.05, 0.1) is 0 Å². The molecule has 0 aromatic heterocycles. The molecule has 2 aliphatic rings. The normalized spacial score (nSPS) is 33.0. The number of hydrogen-bond donors (Lipinski definition) is 1. The average Bonchev–Trinajstić information content (AvgIpc) is 2.87. The van der Waals surface area contributed by atoms with Crippen LogP contribution in [0.3, 0.4) is 0 Å². The van der Waals surface area contributed by atoms with E-state index in [1.54, 1.807) is 12.1 Å². The van der Waals surface area contributed by atoms with Crippen LogP contribution in [0, 0.1) is 12.7 Å². The third kappa shape index (κ3) is 1.60. The first-order valence-electron chi connectivity index (χ1n) is 6.34. The summed E-state index contributed by atoms with van der Waals surface area (Å²) >= 11 is 0. The monoisotopic (exact) mass is 235 g/mol. The Morgan fingerprint density at radius 1 is 1.41 bits per heavy atom. The zero-order chi connectivity index (χ0) is 12.0. The highest BCUT2D eigenvalue weighted by Crippen LogP contribution is 2.43. The van der Waals surface area contributed by atoms with E-state index in [1.807, 2.05) is 6.92 Å². The molecular weight excluding hydrogens is 217 g/mol. The summed E-state index contributed by atoms with van der Waals surface area (Å²) in [6.07, 6.45) is 2.74. The van der Waals surface area contributed by atoms with Gasteiger partial charge in [-0.15, -0.1) is 0 Å². The minimum atomic E-state index is -0.980. The predicted octanol–water partition coefficient (Wildman–Crippen LogP) is 2.19. The zero-order valence-corrected chi connectivity index (χ0v) is 10.1. The summed E-state index contributed by atoms with van der Waals surface area (Å²) in [5.74, 6) is -0.271. The van der Waals surface area contributed by atoms with Crippen LogP contribution in [0.1, 0.15) is 30.4 Å². The second-order valence-corrected chi connectivity index (χ2v) is 5.35. The van der Waals surface area contributed by atoms with E-state index in [0.717, 1.165) is 31.5 Å². The first kappa shape index (κ1) is 11.2. The third-order valence-corrected chi connectivity index (χ3v) is 4.28. The van der Waals surface area contributed by atoms with Crippen LogP contribution in [0.15, 0.2) is 18.2 Å². The van der Waals surface area contributed by atoms with Crippen LogP contribution in [0.5, 0.6) is 0 Å². The molecule has 0 aliphatic carbocycles. The Bertz CT molecular complexity index is 448. The van der Waals surface area contributed by atoms with Crippen LogP contribution >= 0.6 is 0 Å². The number of aliphatic hydroxyl groups is 1. The van der Waals surface area contributed by atoms with Crippen LogP contribution in [-0.4, -0.2) is 29.1 Å². The van der Waals surface area contributed by atoms with Crippen molar-refractivity contribution in [2.75, 3.05) is 13.1 Å². The molecule has 1 aromatic rings. The molecule has 92 valence electrons. The highest BCUT2D eigenvalue weighted by Gasteiger charge is 2.50. The van der Waals surface area contributed by atoms with Gasteiger partial charge in [-0.25, -0.2) is 4.39 Å². The lowest BCUT2D eigenvalue weighted by Gasteiger charge is -2.31. The summed E-state index contributed by atoms with van der Waals surface area (Å²) in [4.78, 5) is 2.29. The van der Waals surface area contributed by atoms with E-state index in [1.165, 1.54) is 6.07 Å². The molecular formula is C14H18FNO. The van der Waals surface area contributed by atoms with E-state index in [4.69, 9.17) is 0 Å². The molecule has 1 N–H and O–H groups in total. The minimum absolute atomic E-state index is 0.110. The van der Waals surface area contributed by atoms with Crippen molar-refractivity contribution in [2.45, 2.75) is 37.8 Å². The van der Waals surface area contributed by atoms with E-state index < -0.39 is 5.60 Å². The van der Waals surface area contributed by atoms with Gasteiger partial charge in [0, 0.05) is 18.2 Å². The third-order valence-electron chi connectivity index (χ3n) is 4.28. The van der Waals surface area contributed by atoms with E-state index >= 15 is 0 Å². The van der Waals surface area contributed by atoms with Crippen molar-refractivity contribution in [3.8, 4) is 0 Å². The van der Waals surface area contributed by atoms with Gasteiger partial charge in [0.1, 0.15) is 11.4 Å². The van der Waals surface area contributed by atoms with Crippen LogP contribution in [0.25, 0.3) is 0 Å². The van der Waals surface area contributed by atoms with E-state index in [2.05, 4.69) is 4.90 Å². The van der Waals surface area contributed by atoms with Crippen molar-refractivity contribution in [1.29, 1.82) is 0 Å². The Morgan fingerprint density at radius 2 is 2.24 bits per heavy atom. The average molecular weight is 235 g/mol. The number of aryl methyl sites for hydroxylation is 1. The van der Waals surface area contributed by atoms with E-state index in [-0.39, 0.29) is 11.9 Å². The predicted molar refractivity (Wildman–Crippen MR) is 64.2 cm³/mol. The molecule has 0 bridgehead atoms. The summed E-state index contributed by atoms with van der Waals surface area (Å²) in [5.41, 5.74) is 0.519. The first-order chi connectivity index (χ1) is 8.11. The summed E-state index contributed by atoms with van der Waals surface area (Å²) in [7, 11) is 0. The van der Waals surface area contributed by atoms with Crippen LogP contribution in [0.2, 0.25) is 0 Å². The molecule has 2 saturated heterocycles. The van der Waals surface area contributed by atoms with Crippen molar-refractivity contribution in [3.05, 3.63) is 35.1 Å². The fourth-order valence-corrected chi connectivity index (χ4v) is 3.40. The van der Waals surface area contributed by atoms with Gasteiger partial charge >= 0.3 is 0 Å². The number of halogens is 1. The minimum Gasteiger partial charge on any atom is -0.383 e. The molecule has 0 amide bonds. The molecule has 3 rings (SSSR count). The smallest absolute Gasteiger partial charge is 0.129 e. The highest BCUT2D eigenvalue weighted by molar-refractivity contribution is 5.32. The standard InChI is InChI=1S/C14H18FNO/c1-10-4-5-12(15)11(9-10)14(17)6-8-16-7-2-3-13(14)16/h4-5,9,13,17H,2-3,6-8H2,1H3. The van der Waals surface area contributed by atoms with Gasteiger partial charge in [-0.05, 0) is 38.8 Å². The molecule has 17 heavy (non-hydrogen) atoms. The first-order valence-corrected chi connectivity index (χ1v) is 6.34. The molecule has 2 heterocycles. The second kappa shape index (κ2) is 3.79. The molecule has 2 atom stereocenters. The molecule has 2 unspecified atom stereocenters. The second-order valence-electron chi connectivity index (χ2n) is 5.35. The van der Waals surface area contributed by atoms with Crippen molar-refractivity contribution >= 4 is 0 Å². The Kier molecular flexibility index (Phi) is 2.49. The lowest BCUT2D eigenvalue weighted by molar-refractivity contribution is 0.00617. The van der Waals surface area contributed by atoms with Crippen molar-refractivity contribution in [3.63, 3.8) is 0 Å². The Balaban J connectivity index is 2.05. The number of fused-ring (bicyclic) bond motifs is 1. The largest absolute Gasteiger partial charge is 0.383 e. The maximum atomic E-state index is 13.9. The maximum Gasteiger partial charge on any atom is 0.129 e. The van der Waals surface area contributed by atoms with Crippen LogP contribution < -0.4 is 0 Å². The van der Waals surface area contributed by atoms with Gasteiger partial charge in [0.15, 0.2) is 0 Å². The molecule has 3 heteroatoms. The summed E-state index contributed by atoms with van der Waals surface area (Å²) in [5, 5.41) is 10.9. The van der Waals surface area contributed by atoms with Crippen molar-refractivity contribution in [1.82, 2.24) is 4.90 Å². The van der Waals surface area contributed by atoms with Crippen molar-refractivity contribution < 1.29 is 9.50 Å². The number of rotatable bonds is 1. The van der Waals surface area contributed by atoms with Gasteiger partial charge in [0.2, 0.25) is 0 Å². The summed E-state index contributed by atoms with van der Waals surface area (Å²) in [6.45, 7) is 3.86. The van der Waals surface area contributed by atoms with Gasteiger partial charge in [-0.2, -0.15) is 0 Å². The quantitative estimate of drug-likeness (QED) is 0.806. The Labute approximate surface area is 101 Å². The molecule has 0 saturated carbocycles. The Hall–Kier alpha value is -0.930. The fraction of sp³-hybridized carbons (Fsp3) is 0.571. The molecule has 0 spiro atoms. The highest BCUT2D eigenvalue weighted by atomic mass is 19.1. The SMILES string of the molecule is Cc1ccc(F)c(C2(O)CCN3CCCC32)c1. The van der Waals surface area contributed by atoms with E-state index in [0.29, 0.717) is 12.0 Å². The number of nitrogens with zero attached hydrogens (tertiary/aromatic N) is 1. The fourth-order valence-electron chi connectivity index (χ4n) is 3.40. The van der Waals surface area contributed by atoms with Crippen molar-refractivity contribution in [2.24, 2.45) is 0 Å². The molecule has 2 nitrogen and oxygen atoms in total. The summed E-state index contributed by atoms with van der Waals surface area (Å²) in [6, 6.07) is 5.14. The number of benzene rings is 1. The van der Waals surface area contributed by atoms with Crippen LogP contribution in [0.4, 0.5) is 4.39 Å². The molecule has 2 aliphatic heterocycles. The lowest BCUT2D eigenvalue weighted by Crippen LogP contribution is -2.39. The Morgan fingerprint density at radius 3 is 3.06 bits per heavy atom. The summed E-state index contributed by atoms with van der Waals surface area (Å²) < 4.78 is 13.9. The molecule has 1 aromatic carbocycles. The number of hydrogen-bond acceptors (Lipinski definition) is 2. The topological polar surface area (TPSA) is 23.5 Å². The zero-order valence-electron chi connectivity index (χ0n) is 10.1. The lowest BCUT2D eigenvalue weighted by atomic mass is 9.84. The van der Waals surface area contributed by atoms with Gasteiger partial charge in [0.25, 0.3) is 0 Å². The van der Waals surface area contributed by atoms with Gasteiger partial charge in [-0.3, -0.25) is 4.90 Å². The molecule has 2 fully saturated rings. The van der Waals surface area contributed by atoms with Crippen LogP contribution in [-0.2, 0) is 5.60 Å². The van der Waals surface area contributed by atoms with Gasteiger partial charge in [-0.1, -0.05) is 17.7 Å². The maximum absolute atomic E-state index is 13.9. The van der Waals surface area contributed by atoms with E-state index in [9.17, 15) is 9.50 Å².